The molecule has 1 heterocycles. The van der Waals surface area contributed by atoms with Crippen molar-refractivity contribution < 1.29 is 9.53 Å². The number of methoxy groups -OCH3 is 1. The molecule has 1 amide bonds. The number of rotatable bonds is 8. The minimum Gasteiger partial charge on any atom is -0.497 e. The zero-order valence-electron chi connectivity index (χ0n) is 15.1. The zero-order chi connectivity index (χ0) is 17.4. The van der Waals surface area contributed by atoms with E-state index in [1.54, 1.807) is 7.11 Å². The minimum absolute atomic E-state index is 0.131. The summed E-state index contributed by atoms with van der Waals surface area (Å²) in [5, 5.41) is 3.01. The maximum absolute atomic E-state index is 12.0. The third kappa shape index (κ3) is 6.02. The van der Waals surface area contributed by atoms with Gasteiger partial charge < -0.3 is 19.9 Å². The van der Waals surface area contributed by atoms with Gasteiger partial charge in [0.25, 0.3) is 0 Å². The molecule has 0 saturated carbocycles. The van der Waals surface area contributed by atoms with Gasteiger partial charge in [0.1, 0.15) is 5.75 Å². The molecule has 0 spiro atoms. The second-order valence-electron chi connectivity index (χ2n) is 6.47. The van der Waals surface area contributed by atoms with Crippen LogP contribution in [0.1, 0.15) is 6.42 Å². The van der Waals surface area contributed by atoms with Gasteiger partial charge in [0.05, 0.1) is 13.7 Å². The number of carbonyl (C=O) groups excluding carboxylic acids is 1. The van der Waals surface area contributed by atoms with Crippen LogP contribution in [-0.4, -0.2) is 82.7 Å². The molecule has 1 aliphatic rings. The van der Waals surface area contributed by atoms with Gasteiger partial charge in [-0.25, -0.2) is 0 Å². The number of nitrogens with one attached hydrogen (secondary N) is 1. The van der Waals surface area contributed by atoms with Gasteiger partial charge in [-0.3, -0.25) is 9.69 Å². The summed E-state index contributed by atoms with van der Waals surface area (Å²) in [6.45, 7) is 5.97. The van der Waals surface area contributed by atoms with Crippen molar-refractivity contribution in [3.8, 4) is 5.75 Å². The Morgan fingerprint density at radius 1 is 1.17 bits per heavy atom. The van der Waals surface area contributed by atoms with Gasteiger partial charge >= 0.3 is 0 Å². The van der Waals surface area contributed by atoms with E-state index in [1.807, 2.05) is 26.2 Å². The lowest BCUT2D eigenvalue weighted by molar-refractivity contribution is -0.122. The topological polar surface area (TPSA) is 48.1 Å². The Kier molecular flexibility index (Phi) is 7.34. The predicted octanol–water partition coefficient (Wildman–Crippen LogP) is 0.885. The highest BCUT2D eigenvalue weighted by Gasteiger charge is 2.19. The monoisotopic (exact) mass is 334 g/mol. The SMILES string of the molecule is COc1ccc(N2CCN(CC(=O)NCCCN(C)C)CC2)cc1. The van der Waals surface area contributed by atoms with Crippen LogP contribution in [0.15, 0.2) is 24.3 Å². The lowest BCUT2D eigenvalue weighted by Crippen LogP contribution is -2.49. The van der Waals surface area contributed by atoms with Gasteiger partial charge in [0, 0.05) is 38.4 Å². The minimum atomic E-state index is 0.131. The molecule has 0 radical (unpaired) electrons. The molecule has 0 aliphatic carbocycles. The van der Waals surface area contributed by atoms with E-state index in [9.17, 15) is 4.79 Å². The molecule has 6 nitrogen and oxygen atoms in total. The number of benzene rings is 1. The van der Waals surface area contributed by atoms with Crippen molar-refractivity contribution in [2.45, 2.75) is 6.42 Å². The van der Waals surface area contributed by atoms with E-state index in [2.05, 4.69) is 32.1 Å². The van der Waals surface area contributed by atoms with Gasteiger partial charge in [0.2, 0.25) is 5.91 Å². The Hall–Kier alpha value is -1.79. The molecule has 0 atom stereocenters. The van der Waals surface area contributed by atoms with Crippen molar-refractivity contribution in [2.75, 3.05) is 71.9 Å². The molecule has 1 aromatic carbocycles. The fourth-order valence-electron chi connectivity index (χ4n) is 2.84. The standard InChI is InChI=1S/C18H30N4O2/c1-20(2)10-4-9-19-18(23)15-21-11-13-22(14-12-21)16-5-7-17(24-3)8-6-16/h5-8H,4,9-15H2,1-3H3,(H,19,23). The number of hydrogen-bond donors (Lipinski definition) is 1. The molecule has 0 aromatic heterocycles. The summed E-state index contributed by atoms with van der Waals surface area (Å²) in [6.07, 6.45) is 0.990. The molecule has 1 aliphatic heterocycles. The fourth-order valence-corrected chi connectivity index (χ4v) is 2.84. The van der Waals surface area contributed by atoms with Crippen LogP contribution < -0.4 is 15.0 Å². The first-order valence-corrected chi connectivity index (χ1v) is 8.61. The summed E-state index contributed by atoms with van der Waals surface area (Å²) in [7, 11) is 5.77. The van der Waals surface area contributed by atoms with Crippen molar-refractivity contribution in [1.82, 2.24) is 15.1 Å². The van der Waals surface area contributed by atoms with Crippen LogP contribution in [0.5, 0.6) is 5.75 Å². The predicted molar refractivity (Wildman–Crippen MR) is 97.8 cm³/mol. The lowest BCUT2D eigenvalue weighted by Gasteiger charge is -2.35. The van der Waals surface area contributed by atoms with Gasteiger partial charge in [-0.2, -0.15) is 0 Å². The number of piperazine rings is 1. The zero-order valence-corrected chi connectivity index (χ0v) is 15.1. The van der Waals surface area contributed by atoms with Gasteiger partial charge in [-0.15, -0.1) is 0 Å². The quantitative estimate of drug-likeness (QED) is 0.716. The van der Waals surface area contributed by atoms with E-state index in [0.717, 1.165) is 51.4 Å². The maximum atomic E-state index is 12.0. The molecule has 1 N–H and O–H groups in total. The Balaban J connectivity index is 1.67. The molecule has 1 aromatic rings. The molecular formula is C18H30N4O2. The molecule has 6 heteroatoms. The average molecular weight is 334 g/mol. The normalized spacial score (nSPS) is 15.6. The van der Waals surface area contributed by atoms with Crippen LogP contribution in [0.3, 0.4) is 0 Å². The van der Waals surface area contributed by atoms with Crippen LogP contribution >= 0.6 is 0 Å². The summed E-state index contributed by atoms with van der Waals surface area (Å²) < 4.78 is 5.20. The summed E-state index contributed by atoms with van der Waals surface area (Å²) >= 11 is 0. The van der Waals surface area contributed by atoms with E-state index >= 15 is 0 Å². The van der Waals surface area contributed by atoms with E-state index in [4.69, 9.17) is 4.74 Å². The molecule has 1 fully saturated rings. The van der Waals surface area contributed by atoms with Crippen LogP contribution in [0.4, 0.5) is 5.69 Å². The van der Waals surface area contributed by atoms with Crippen molar-refractivity contribution in [2.24, 2.45) is 0 Å². The first-order chi connectivity index (χ1) is 11.6. The van der Waals surface area contributed by atoms with Crippen molar-refractivity contribution in [1.29, 1.82) is 0 Å². The summed E-state index contributed by atoms with van der Waals surface area (Å²) in [6, 6.07) is 8.16. The second kappa shape index (κ2) is 9.49. The molecule has 24 heavy (non-hydrogen) atoms. The van der Waals surface area contributed by atoms with E-state index in [-0.39, 0.29) is 5.91 Å². The third-order valence-corrected chi connectivity index (χ3v) is 4.28. The highest BCUT2D eigenvalue weighted by molar-refractivity contribution is 5.78. The number of nitrogens with zero attached hydrogens (tertiary/aromatic N) is 3. The number of hydrogen-bond acceptors (Lipinski definition) is 5. The van der Waals surface area contributed by atoms with Crippen LogP contribution in [0.25, 0.3) is 0 Å². The summed E-state index contributed by atoms with van der Waals surface area (Å²) in [4.78, 5) is 18.7. The van der Waals surface area contributed by atoms with Crippen LogP contribution in [0, 0.1) is 0 Å². The highest BCUT2D eigenvalue weighted by atomic mass is 16.5. The summed E-state index contributed by atoms with van der Waals surface area (Å²) in [5.74, 6) is 1.01. The van der Waals surface area contributed by atoms with E-state index in [0.29, 0.717) is 6.54 Å². The molecule has 2 rings (SSSR count). The third-order valence-electron chi connectivity index (χ3n) is 4.28. The number of amides is 1. The van der Waals surface area contributed by atoms with Crippen LogP contribution in [-0.2, 0) is 4.79 Å². The number of ether oxygens (including phenoxy) is 1. The van der Waals surface area contributed by atoms with Crippen molar-refractivity contribution in [3.63, 3.8) is 0 Å². The van der Waals surface area contributed by atoms with Crippen LogP contribution in [0.2, 0.25) is 0 Å². The maximum Gasteiger partial charge on any atom is 0.234 e. The molecule has 134 valence electrons. The van der Waals surface area contributed by atoms with Gasteiger partial charge in [-0.1, -0.05) is 0 Å². The highest BCUT2D eigenvalue weighted by Crippen LogP contribution is 2.20. The van der Waals surface area contributed by atoms with Crippen molar-refractivity contribution in [3.05, 3.63) is 24.3 Å². The Morgan fingerprint density at radius 3 is 2.42 bits per heavy atom. The largest absolute Gasteiger partial charge is 0.497 e. The first kappa shape index (κ1) is 18.5. The molecule has 0 unspecified atom stereocenters. The fraction of sp³-hybridized carbons (Fsp3) is 0.611. The van der Waals surface area contributed by atoms with Gasteiger partial charge in [-0.05, 0) is 51.3 Å². The summed E-state index contributed by atoms with van der Waals surface area (Å²) in [5.41, 5.74) is 1.21. The van der Waals surface area contributed by atoms with E-state index in [1.165, 1.54) is 5.69 Å². The smallest absolute Gasteiger partial charge is 0.234 e. The Labute approximate surface area is 145 Å². The van der Waals surface area contributed by atoms with Gasteiger partial charge in [0.15, 0.2) is 0 Å². The lowest BCUT2D eigenvalue weighted by atomic mass is 10.2. The number of carbonyl (C=O) groups is 1. The first-order valence-electron chi connectivity index (χ1n) is 8.61. The molecular weight excluding hydrogens is 304 g/mol. The molecule has 1 saturated heterocycles. The number of anilines is 1. The second-order valence-corrected chi connectivity index (χ2v) is 6.47. The van der Waals surface area contributed by atoms with Crippen molar-refractivity contribution >= 4 is 11.6 Å². The Bertz CT molecular complexity index is 496. The molecule has 0 bridgehead atoms. The average Bonchev–Trinajstić information content (AvgIpc) is 2.59. The Morgan fingerprint density at radius 2 is 1.83 bits per heavy atom. The van der Waals surface area contributed by atoms with E-state index < -0.39 is 0 Å².